The first-order valence-corrected chi connectivity index (χ1v) is 7.66. The van der Waals surface area contributed by atoms with Crippen molar-refractivity contribution in [3.8, 4) is 0 Å². The minimum absolute atomic E-state index is 0.328. The SMILES string of the molecule is CC1CCC(=O)C(CN2CCSCC2C)C1. The number of thioether (sulfide) groups is 1. The summed E-state index contributed by atoms with van der Waals surface area (Å²) in [6.45, 7) is 6.77. The van der Waals surface area contributed by atoms with E-state index in [2.05, 4.69) is 18.7 Å². The Morgan fingerprint density at radius 1 is 1.44 bits per heavy atom. The molecule has 1 saturated heterocycles. The van der Waals surface area contributed by atoms with Crippen molar-refractivity contribution < 1.29 is 4.79 Å². The van der Waals surface area contributed by atoms with Crippen LogP contribution in [0.15, 0.2) is 0 Å². The lowest BCUT2D eigenvalue weighted by molar-refractivity contribution is -0.126. The van der Waals surface area contributed by atoms with Crippen LogP contribution in [-0.2, 0) is 4.79 Å². The Morgan fingerprint density at radius 3 is 3.00 bits per heavy atom. The zero-order chi connectivity index (χ0) is 11.5. The molecular formula is C13H23NOS. The van der Waals surface area contributed by atoms with E-state index < -0.39 is 0 Å². The zero-order valence-corrected chi connectivity index (χ0v) is 11.3. The largest absolute Gasteiger partial charge is 0.299 e. The summed E-state index contributed by atoms with van der Waals surface area (Å²) in [4.78, 5) is 14.4. The van der Waals surface area contributed by atoms with Gasteiger partial charge in [-0.15, -0.1) is 0 Å². The van der Waals surface area contributed by atoms with Crippen molar-refractivity contribution in [2.75, 3.05) is 24.6 Å². The summed E-state index contributed by atoms with van der Waals surface area (Å²) < 4.78 is 0. The second-order valence-electron chi connectivity index (χ2n) is 5.46. The minimum Gasteiger partial charge on any atom is -0.299 e. The monoisotopic (exact) mass is 241 g/mol. The molecule has 2 rings (SSSR count). The maximum atomic E-state index is 11.9. The average Bonchev–Trinajstić information content (AvgIpc) is 2.27. The molecule has 0 spiro atoms. The lowest BCUT2D eigenvalue weighted by Gasteiger charge is -2.37. The van der Waals surface area contributed by atoms with Crippen LogP contribution in [-0.4, -0.2) is 41.3 Å². The van der Waals surface area contributed by atoms with Crippen molar-refractivity contribution in [1.29, 1.82) is 0 Å². The van der Waals surface area contributed by atoms with Gasteiger partial charge in [0.1, 0.15) is 5.78 Å². The van der Waals surface area contributed by atoms with Gasteiger partial charge in [0.25, 0.3) is 0 Å². The van der Waals surface area contributed by atoms with Gasteiger partial charge in [-0.25, -0.2) is 0 Å². The summed E-state index contributed by atoms with van der Waals surface area (Å²) in [5.41, 5.74) is 0. The van der Waals surface area contributed by atoms with Crippen LogP contribution < -0.4 is 0 Å². The molecule has 0 aromatic rings. The normalized spacial score (nSPS) is 37.6. The van der Waals surface area contributed by atoms with Crippen LogP contribution in [0.5, 0.6) is 0 Å². The van der Waals surface area contributed by atoms with E-state index >= 15 is 0 Å². The summed E-state index contributed by atoms with van der Waals surface area (Å²) in [6, 6.07) is 0.656. The standard InChI is InChI=1S/C13H23NOS/c1-10-3-4-13(15)12(7-10)8-14-5-6-16-9-11(14)2/h10-12H,3-9H2,1-2H3. The van der Waals surface area contributed by atoms with E-state index in [0.717, 1.165) is 31.7 Å². The van der Waals surface area contributed by atoms with Crippen LogP contribution in [0, 0.1) is 11.8 Å². The molecule has 2 aliphatic rings. The van der Waals surface area contributed by atoms with E-state index in [1.54, 1.807) is 0 Å². The summed E-state index contributed by atoms with van der Waals surface area (Å²) in [6.07, 6.45) is 3.05. The molecule has 3 atom stereocenters. The lowest BCUT2D eigenvalue weighted by Crippen LogP contribution is -2.45. The van der Waals surface area contributed by atoms with Gasteiger partial charge in [-0.1, -0.05) is 6.92 Å². The molecule has 0 radical (unpaired) electrons. The van der Waals surface area contributed by atoms with Gasteiger partial charge in [-0.2, -0.15) is 11.8 Å². The van der Waals surface area contributed by atoms with Crippen LogP contribution in [0.1, 0.15) is 33.1 Å². The van der Waals surface area contributed by atoms with Crippen LogP contribution >= 0.6 is 11.8 Å². The second-order valence-corrected chi connectivity index (χ2v) is 6.61. The van der Waals surface area contributed by atoms with Gasteiger partial charge in [0.15, 0.2) is 0 Å². The quantitative estimate of drug-likeness (QED) is 0.740. The molecule has 2 nitrogen and oxygen atoms in total. The van der Waals surface area contributed by atoms with E-state index in [1.807, 2.05) is 11.8 Å². The van der Waals surface area contributed by atoms with Crippen LogP contribution in [0.3, 0.4) is 0 Å². The lowest BCUT2D eigenvalue weighted by atomic mass is 9.81. The Kier molecular flexibility index (Phi) is 4.31. The Balaban J connectivity index is 1.89. The number of hydrogen-bond acceptors (Lipinski definition) is 3. The molecule has 3 heteroatoms. The summed E-state index contributed by atoms with van der Waals surface area (Å²) in [5.74, 6) is 4.06. The van der Waals surface area contributed by atoms with Gasteiger partial charge in [0.2, 0.25) is 0 Å². The maximum Gasteiger partial charge on any atom is 0.137 e. The summed E-state index contributed by atoms with van der Waals surface area (Å²) >= 11 is 2.04. The third kappa shape index (κ3) is 3.01. The summed E-state index contributed by atoms with van der Waals surface area (Å²) in [5, 5.41) is 0. The Bertz CT molecular complexity index is 256. The van der Waals surface area contributed by atoms with Crippen molar-refractivity contribution in [3.63, 3.8) is 0 Å². The molecule has 0 bridgehead atoms. The van der Waals surface area contributed by atoms with Gasteiger partial charge >= 0.3 is 0 Å². The number of ketones is 1. The molecule has 92 valence electrons. The highest BCUT2D eigenvalue weighted by atomic mass is 32.2. The Labute approximate surface area is 103 Å². The molecule has 1 aliphatic heterocycles. The number of hydrogen-bond donors (Lipinski definition) is 0. The molecular weight excluding hydrogens is 218 g/mol. The molecule has 0 aromatic carbocycles. The highest BCUT2D eigenvalue weighted by molar-refractivity contribution is 7.99. The van der Waals surface area contributed by atoms with Crippen molar-refractivity contribution in [2.45, 2.75) is 39.2 Å². The molecule has 1 saturated carbocycles. The average molecular weight is 241 g/mol. The van der Waals surface area contributed by atoms with Crippen molar-refractivity contribution >= 4 is 17.5 Å². The minimum atomic E-state index is 0.328. The predicted octanol–water partition coefficient (Wildman–Crippen LogP) is 2.43. The molecule has 0 aromatic heterocycles. The van der Waals surface area contributed by atoms with Crippen LogP contribution in [0.4, 0.5) is 0 Å². The third-order valence-corrected chi connectivity index (χ3v) is 5.18. The molecule has 0 amide bonds. The fourth-order valence-corrected chi connectivity index (χ4v) is 3.90. The van der Waals surface area contributed by atoms with E-state index in [1.165, 1.54) is 18.1 Å². The Morgan fingerprint density at radius 2 is 2.25 bits per heavy atom. The molecule has 2 fully saturated rings. The topological polar surface area (TPSA) is 20.3 Å². The number of carbonyl (C=O) groups is 1. The fourth-order valence-electron chi connectivity index (χ4n) is 2.82. The first kappa shape index (κ1) is 12.4. The van der Waals surface area contributed by atoms with Crippen LogP contribution in [0.2, 0.25) is 0 Å². The molecule has 1 heterocycles. The number of Topliss-reactive ketones (excluding diaryl/α,β-unsaturated/α-hetero) is 1. The smallest absolute Gasteiger partial charge is 0.137 e. The predicted molar refractivity (Wildman–Crippen MR) is 69.9 cm³/mol. The third-order valence-electron chi connectivity index (χ3n) is 3.99. The first-order valence-electron chi connectivity index (χ1n) is 6.51. The van der Waals surface area contributed by atoms with Gasteiger partial charge in [0, 0.05) is 43.0 Å². The Hall–Kier alpha value is -0.0200. The molecule has 3 unspecified atom stereocenters. The van der Waals surface area contributed by atoms with Gasteiger partial charge in [-0.3, -0.25) is 9.69 Å². The van der Waals surface area contributed by atoms with Gasteiger partial charge in [-0.05, 0) is 25.7 Å². The zero-order valence-electron chi connectivity index (χ0n) is 10.4. The van der Waals surface area contributed by atoms with Gasteiger partial charge < -0.3 is 0 Å². The fraction of sp³-hybridized carbons (Fsp3) is 0.923. The molecule has 16 heavy (non-hydrogen) atoms. The maximum absolute atomic E-state index is 11.9. The van der Waals surface area contributed by atoms with E-state index in [9.17, 15) is 4.79 Å². The van der Waals surface area contributed by atoms with Gasteiger partial charge in [0.05, 0.1) is 0 Å². The highest BCUT2D eigenvalue weighted by Crippen LogP contribution is 2.28. The van der Waals surface area contributed by atoms with Crippen LogP contribution in [0.25, 0.3) is 0 Å². The van der Waals surface area contributed by atoms with E-state index in [-0.39, 0.29) is 0 Å². The number of carbonyl (C=O) groups excluding carboxylic acids is 1. The summed E-state index contributed by atoms with van der Waals surface area (Å²) in [7, 11) is 0. The molecule has 1 aliphatic carbocycles. The van der Waals surface area contributed by atoms with Crippen molar-refractivity contribution in [3.05, 3.63) is 0 Å². The number of rotatable bonds is 2. The van der Waals surface area contributed by atoms with E-state index in [0.29, 0.717) is 17.7 Å². The molecule has 0 N–H and O–H groups in total. The first-order chi connectivity index (χ1) is 7.66. The van der Waals surface area contributed by atoms with E-state index in [4.69, 9.17) is 0 Å². The van der Waals surface area contributed by atoms with Crippen molar-refractivity contribution in [1.82, 2.24) is 4.90 Å². The number of nitrogens with zero attached hydrogens (tertiary/aromatic N) is 1. The van der Waals surface area contributed by atoms with Crippen molar-refractivity contribution in [2.24, 2.45) is 11.8 Å². The highest BCUT2D eigenvalue weighted by Gasteiger charge is 2.30. The second kappa shape index (κ2) is 5.54.